The molecule has 108 valence electrons. The van der Waals surface area contributed by atoms with Gasteiger partial charge in [0.15, 0.2) is 0 Å². The van der Waals surface area contributed by atoms with E-state index < -0.39 is 5.97 Å². The summed E-state index contributed by atoms with van der Waals surface area (Å²) in [5.74, 6) is -0.606. The lowest BCUT2D eigenvalue weighted by Crippen LogP contribution is -2.27. The van der Waals surface area contributed by atoms with Crippen molar-refractivity contribution in [2.75, 3.05) is 0 Å². The van der Waals surface area contributed by atoms with Crippen molar-refractivity contribution in [2.24, 2.45) is 0 Å². The number of aromatic nitrogens is 2. The molecule has 1 heterocycles. The summed E-state index contributed by atoms with van der Waals surface area (Å²) in [6, 6.07) is 6.48. The number of carbonyl (C=O) groups excluding carboxylic acids is 1. The molecule has 0 saturated carbocycles. The summed E-state index contributed by atoms with van der Waals surface area (Å²) in [5, 5.41) is 11.4. The minimum Gasteiger partial charge on any atom is -0.478 e. The summed E-state index contributed by atoms with van der Waals surface area (Å²) in [6.45, 7) is 1.82. The third kappa shape index (κ3) is 4.04. The number of rotatable bonds is 5. The first-order valence-corrected chi connectivity index (χ1v) is 6.37. The maximum absolute atomic E-state index is 12.1. The van der Waals surface area contributed by atoms with E-state index in [1.54, 1.807) is 36.7 Å². The summed E-state index contributed by atoms with van der Waals surface area (Å²) in [5.41, 5.74) is 1.11. The number of aromatic amines is 1. The van der Waals surface area contributed by atoms with E-state index in [0.717, 1.165) is 6.08 Å². The summed E-state index contributed by atoms with van der Waals surface area (Å²) < 4.78 is 0. The topological polar surface area (TPSA) is 95.1 Å². The smallest absolute Gasteiger partial charge is 0.328 e. The molecule has 2 rings (SSSR count). The number of imidazole rings is 1. The number of amides is 1. The molecule has 1 unspecified atom stereocenters. The van der Waals surface area contributed by atoms with Crippen LogP contribution in [0.4, 0.5) is 0 Å². The Labute approximate surface area is 121 Å². The minimum atomic E-state index is -1.03. The molecule has 0 bridgehead atoms. The van der Waals surface area contributed by atoms with Gasteiger partial charge in [-0.2, -0.15) is 0 Å². The van der Waals surface area contributed by atoms with Gasteiger partial charge in [-0.15, -0.1) is 0 Å². The Balaban J connectivity index is 2.09. The Kier molecular flexibility index (Phi) is 4.50. The first-order valence-electron chi connectivity index (χ1n) is 6.37. The van der Waals surface area contributed by atoms with Crippen molar-refractivity contribution in [3.05, 3.63) is 59.7 Å². The van der Waals surface area contributed by atoms with E-state index in [1.807, 2.05) is 6.92 Å². The van der Waals surface area contributed by atoms with Crippen molar-refractivity contribution in [3.63, 3.8) is 0 Å². The number of nitrogens with one attached hydrogen (secondary N) is 2. The van der Waals surface area contributed by atoms with E-state index in [0.29, 0.717) is 17.0 Å². The fraction of sp³-hybridized carbons (Fsp3) is 0.133. The van der Waals surface area contributed by atoms with Crippen LogP contribution in [0.1, 0.15) is 34.7 Å². The van der Waals surface area contributed by atoms with Crippen molar-refractivity contribution >= 4 is 18.0 Å². The first kappa shape index (κ1) is 14.5. The molecule has 0 spiro atoms. The quantitative estimate of drug-likeness (QED) is 0.732. The highest BCUT2D eigenvalue weighted by molar-refractivity contribution is 5.95. The Morgan fingerprint density at radius 1 is 1.43 bits per heavy atom. The largest absolute Gasteiger partial charge is 0.478 e. The SMILES string of the molecule is CC(NC(=O)c1cccc(/C=C/C(=O)O)c1)c1ncc[nH]1. The fourth-order valence-corrected chi connectivity index (χ4v) is 1.81. The molecule has 0 saturated heterocycles. The molecule has 2 aromatic rings. The summed E-state index contributed by atoms with van der Waals surface area (Å²) in [7, 11) is 0. The van der Waals surface area contributed by atoms with E-state index >= 15 is 0 Å². The average Bonchev–Trinajstić information content (AvgIpc) is 2.99. The van der Waals surface area contributed by atoms with Crippen molar-refractivity contribution in [3.8, 4) is 0 Å². The molecule has 6 nitrogen and oxygen atoms in total. The molecule has 6 heteroatoms. The molecule has 0 aliphatic carbocycles. The van der Waals surface area contributed by atoms with Crippen LogP contribution in [0, 0.1) is 0 Å². The summed E-state index contributed by atoms with van der Waals surface area (Å²) in [6.07, 6.45) is 5.78. The molecule has 0 aliphatic heterocycles. The lowest BCUT2D eigenvalue weighted by atomic mass is 10.1. The number of benzene rings is 1. The highest BCUT2D eigenvalue weighted by atomic mass is 16.4. The normalized spacial score (nSPS) is 12.2. The van der Waals surface area contributed by atoms with Crippen LogP contribution in [-0.2, 0) is 4.79 Å². The number of hydrogen-bond donors (Lipinski definition) is 3. The van der Waals surface area contributed by atoms with E-state index in [9.17, 15) is 9.59 Å². The van der Waals surface area contributed by atoms with Crippen LogP contribution in [0.25, 0.3) is 6.08 Å². The molecule has 1 atom stereocenters. The molecule has 0 aliphatic rings. The van der Waals surface area contributed by atoms with Gasteiger partial charge in [0.2, 0.25) is 0 Å². The van der Waals surface area contributed by atoms with Gasteiger partial charge in [0.25, 0.3) is 5.91 Å². The minimum absolute atomic E-state index is 0.245. The van der Waals surface area contributed by atoms with E-state index in [-0.39, 0.29) is 11.9 Å². The fourth-order valence-electron chi connectivity index (χ4n) is 1.81. The predicted octanol–water partition coefficient (Wildman–Crippen LogP) is 2.00. The number of carbonyl (C=O) groups is 2. The van der Waals surface area contributed by atoms with Gasteiger partial charge in [-0.3, -0.25) is 4.79 Å². The molecule has 0 fully saturated rings. The Morgan fingerprint density at radius 2 is 2.24 bits per heavy atom. The lowest BCUT2D eigenvalue weighted by molar-refractivity contribution is -0.131. The third-order valence-corrected chi connectivity index (χ3v) is 2.84. The summed E-state index contributed by atoms with van der Waals surface area (Å²) in [4.78, 5) is 29.7. The third-order valence-electron chi connectivity index (χ3n) is 2.84. The highest BCUT2D eigenvalue weighted by Crippen LogP contribution is 2.10. The van der Waals surface area contributed by atoms with Crippen LogP contribution >= 0.6 is 0 Å². The van der Waals surface area contributed by atoms with Crippen molar-refractivity contribution in [1.82, 2.24) is 15.3 Å². The first-order chi connectivity index (χ1) is 10.1. The lowest BCUT2D eigenvalue weighted by Gasteiger charge is -2.11. The van der Waals surface area contributed by atoms with E-state index in [2.05, 4.69) is 15.3 Å². The Morgan fingerprint density at radius 3 is 2.90 bits per heavy atom. The van der Waals surface area contributed by atoms with Crippen LogP contribution in [0.5, 0.6) is 0 Å². The maximum Gasteiger partial charge on any atom is 0.328 e. The van der Waals surface area contributed by atoms with E-state index in [4.69, 9.17) is 5.11 Å². The second kappa shape index (κ2) is 6.51. The van der Waals surface area contributed by atoms with Crippen LogP contribution in [-0.4, -0.2) is 27.0 Å². The molecule has 1 amide bonds. The van der Waals surface area contributed by atoms with Crippen molar-refractivity contribution in [1.29, 1.82) is 0 Å². The zero-order valence-electron chi connectivity index (χ0n) is 11.4. The zero-order valence-corrected chi connectivity index (χ0v) is 11.4. The van der Waals surface area contributed by atoms with Gasteiger partial charge in [-0.1, -0.05) is 12.1 Å². The molecule has 0 radical (unpaired) electrons. The molecule has 21 heavy (non-hydrogen) atoms. The van der Waals surface area contributed by atoms with Gasteiger partial charge >= 0.3 is 5.97 Å². The summed E-state index contributed by atoms with van der Waals surface area (Å²) >= 11 is 0. The Bertz CT molecular complexity index is 663. The number of nitrogens with zero attached hydrogens (tertiary/aromatic N) is 1. The van der Waals surface area contributed by atoms with Crippen molar-refractivity contribution in [2.45, 2.75) is 13.0 Å². The van der Waals surface area contributed by atoms with Gasteiger partial charge in [-0.05, 0) is 30.7 Å². The van der Waals surface area contributed by atoms with Gasteiger partial charge < -0.3 is 15.4 Å². The number of aliphatic carboxylic acids is 1. The van der Waals surface area contributed by atoms with Gasteiger partial charge in [0.05, 0.1) is 6.04 Å². The van der Waals surface area contributed by atoms with Crippen LogP contribution in [0.2, 0.25) is 0 Å². The van der Waals surface area contributed by atoms with Crippen LogP contribution in [0.3, 0.4) is 0 Å². The van der Waals surface area contributed by atoms with Gasteiger partial charge in [-0.25, -0.2) is 9.78 Å². The average molecular weight is 285 g/mol. The Hall–Kier alpha value is -2.89. The maximum atomic E-state index is 12.1. The monoisotopic (exact) mass is 285 g/mol. The van der Waals surface area contributed by atoms with Crippen LogP contribution < -0.4 is 5.32 Å². The number of H-pyrrole nitrogens is 1. The van der Waals surface area contributed by atoms with Gasteiger partial charge in [0, 0.05) is 24.0 Å². The molecular weight excluding hydrogens is 270 g/mol. The zero-order chi connectivity index (χ0) is 15.2. The van der Waals surface area contributed by atoms with E-state index in [1.165, 1.54) is 6.08 Å². The molecule has 1 aromatic carbocycles. The molecule has 3 N–H and O–H groups in total. The highest BCUT2D eigenvalue weighted by Gasteiger charge is 2.12. The molecule has 1 aromatic heterocycles. The number of hydrogen-bond acceptors (Lipinski definition) is 3. The molecular formula is C15H15N3O3. The standard InChI is InChI=1S/C15H15N3O3/c1-10(14-16-7-8-17-14)18-15(21)12-4-2-3-11(9-12)5-6-13(19)20/h2-10H,1H3,(H,16,17)(H,18,21)(H,19,20)/b6-5+. The van der Waals surface area contributed by atoms with Crippen molar-refractivity contribution < 1.29 is 14.7 Å². The van der Waals surface area contributed by atoms with Gasteiger partial charge in [0.1, 0.15) is 5.82 Å². The second-order valence-corrected chi connectivity index (χ2v) is 4.47. The number of carboxylic acids is 1. The number of carboxylic acid groups (broad SMARTS) is 1. The predicted molar refractivity (Wildman–Crippen MR) is 77.6 cm³/mol. The second-order valence-electron chi connectivity index (χ2n) is 4.47. The van der Waals surface area contributed by atoms with Crippen LogP contribution in [0.15, 0.2) is 42.7 Å².